The highest BCUT2D eigenvalue weighted by Gasteiger charge is 2.16. The fourth-order valence-electron chi connectivity index (χ4n) is 1.76. The molecule has 3 N–H and O–H groups in total. The number of anilines is 1. The second-order valence-electron chi connectivity index (χ2n) is 4.65. The Morgan fingerprint density at radius 3 is 2.95 bits per heavy atom. The van der Waals surface area contributed by atoms with Gasteiger partial charge in [0.25, 0.3) is 0 Å². The maximum Gasteiger partial charge on any atom is 0.124 e. The van der Waals surface area contributed by atoms with Crippen LogP contribution in [0.4, 0.5) is 5.69 Å². The van der Waals surface area contributed by atoms with Gasteiger partial charge >= 0.3 is 0 Å². The molecule has 0 heterocycles. The molecule has 0 aliphatic carbocycles. The number of rotatable bonds is 8. The van der Waals surface area contributed by atoms with Crippen LogP contribution in [0.15, 0.2) is 47.4 Å². The molecule has 1 aromatic carbocycles. The van der Waals surface area contributed by atoms with Crippen molar-refractivity contribution in [2.75, 3.05) is 4.72 Å². The van der Waals surface area contributed by atoms with Crippen LogP contribution in [0.1, 0.15) is 18.9 Å². The first-order valence-electron chi connectivity index (χ1n) is 6.60. The van der Waals surface area contributed by atoms with Gasteiger partial charge in [0, 0.05) is 22.8 Å². The molecule has 0 saturated carbocycles. The van der Waals surface area contributed by atoms with Crippen molar-refractivity contribution in [3.63, 3.8) is 0 Å². The SMILES string of the molecule is C=CC=CC(C/C(C)=N\SN)S(=O)Nc1ccc(Cl)cc1C. The number of allylic oxidation sites excluding steroid dienone is 2. The van der Waals surface area contributed by atoms with Gasteiger partial charge in [-0.15, -0.1) is 0 Å². The molecule has 1 aromatic rings. The predicted octanol–water partition coefficient (Wildman–Crippen LogP) is 4.21. The van der Waals surface area contributed by atoms with Gasteiger partial charge in [-0.3, -0.25) is 5.14 Å². The number of nitrogens with one attached hydrogen (secondary N) is 1. The van der Waals surface area contributed by atoms with Crippen LogP contribution in [0.2, 0.25) is 5.02 Å². The Morgan fingerprint density at radius 1 is 1.64 bits per heavy atom. The minimum absolute atomic E-state index is 0.232. The summed E-state index contributed by atoms with van der Waals surface area (Å²) in [5.41, 5.74) is 2.56. The summed E-state index contributed by atoms with van der Waals surface area (Å²) in [6.45, 7) is 7.42. The van der Waals surface area contributed by atoms with E-state index < -0.39 is 11.0 Å². The fraction of sp³-hybridized carbons (Fsp3) is 0.267. The van der Waals surface area contributed by atoms with Crippen LogP contribution in [0.25, 0.3) is 0 Å². The number of benzene rings is 1. The third-order valence-electron chi connectivity index (χ3n) is 2.84. The molecule has 0 bridgehead atoms. The minimum atomic E-state index is -1.31. The van der Waals surface area contributed by atoms with Crippen molar-refractivity contribution in [1.82, 2.24) is 0 Å². The van der Waals surface area contributed by atoms with Crippen molar-refractivity contribution in [2.45, 2.75) is 25.5 Å². The van der Waals surface area contributed by atoms with E-state index in [1.165, 1.54) is 0 Å². The molecule has 22 heavy (non-hydrogen) atoms. The van der Waals surface area contributed by atoms with Crippen molar-refractivity contribution in [2.24, 2.45) is 9.54 Å². The molecule has 0 saturated heterocycles. The summed E-state index contributed by atoms with van der Waals surface area (Å²) in [6, 6.07) is 5.41. The van der Waals surface area contributed by atoms with E-state index in [9.17, 15) is 4.21 Å². The second-order valence-corrected chi connectivity index (χ2v) is 6.89. The van der Waals surface area contributed by atoms with E-state index in [2.05, 4.69) is 15.7 Å². The highest BCUT2D eigenvalue weighted by Crippen LogP contribution is 2.21. The van der Waals surface area contributed by atoms with Gasteiger partial charge in [0.1, 0.15) is 11.0 Å². The Labute approximate surface area is 143 Å². The van der Waals surface area contributed by atoms with E-state index in [-0.39, 0.29) is 5.25 Å². The average molecular weight is 358 g/mol. The quantitative estimate of drug-likeness (QED) is 0.416. The molecule has 120 valence electrons. The first-order chi connectivity index (χ1) is 10.5. The number of aryl methyl sites for hydroxylation is 1. The summed E-state index contributed by atoms with van der Waals surface area (Å²) >= 11 is 6.84. The van der Waals surface area contributed by atoms with Crippen LogP contribution >= 0.6 is 23.7 Å². The zero-order chi connectivity index (χ0) is 16.5. The molecular formula is C15H20ClN3OS2. The topological polar surface area (TPSA) is 67.5 Å². The molecule has 2 atom stereocenters. The predicted molar refractivity (Wildman–Crippen MR) is 101 cm³/mol. The van der Waals surface area contributed by atoms with Gasteiger partial charge < -0.3 is 4.72 Å². The molecule has 0 amide bonds. The third-order valence-corrected chi connectivity index (χ3v) is 4.79. The third kappa shape index (κ3) is 6.36. The van der Waals surface area contributed by atoms with Crippen molar-refractivity contribution >= 4 is 46.1 Å². The van der Waals surface area contributed by atoms with E-state index in [1.807, 2.05) is 32.1 Å². The van der Waals surface area contributed by atoms with Gasteiger partial charge in [-0.1, -0.05) is 36.4 Å². The van der Waals surface area contributed by atoms with Crippen LogP contribution in [0.5, 0.6) is 0 Å². The van der Waals surface area contributed by atoms with Gasteiger partial charge in [-0.25, -0.2) is 8.61 Å². The van der Waals surface area contributed by atoms with E-state index >= 15 is 0 Å². The first-order valence-corrected chi connectivity index (χ1v) is 9.02. The van der Waals surface area contributed by atoms with Crippen molar-refractivity contribution in [3.05, 3.63) is 53.6 Å². The lowest BCUT2D eigenvalue weighted by Gasteiger charge is -2.15. The van der Waals surface area contributed by atoms with Gasteiger partial charge in [-0.05, 0) is 37.6 Å². The summed E-state index contributed by atoms with van der Waals surface area (Å²) in [5.74, 6) is 0. The fourth-order valence-corrected chi connectivity index (χ4v) is 3.47. The number of nitrogens with zero attached hydrogens (tertiary/aromatic N) is 1. The number of nitrogens with two attached hydrogens (primary N) is 1. The van der Waals surface area contributed by atoms with Crippen LogP contribution in [-0.4, -0.2) is 15.2 Å². The molecule has 0 fully saturated rings. The molecule has 0 aromatic heterocycles. The standard InChI is InChI=1S/C15H20ClN3OS2/c1-4-5-6-14(10-12(3)18-21-17)22(20)19-15-8-7-13(16)9-11(15)2/h4-9,14,19H,1,10,17H2,2-3H3/b6-5?,18-12-. The molecule has 2 unspecified atom stereocenters. The lowest BCUT2D eigenvalue weighted by atomic mass is 10.2. The summed E-state index contributed by atoms with van der Waals surface area (Å²) in [4.78, 5) is 0. The maximum absolute atomic E-state index is 12.6. The maximum atomic E-state index is 12.6. The molecule has 7 heteroatoms. The lowest BCUT2D eigenvalue weighted by Crippen LogP contribution is -2.22. The molecule has 1 rings (SSSR count). The molecule has 4 nitrogen and oxygen atoms in total. The lowest BCUT2D eigenvalue weighted by molar-refractivity contribution is 0.681. The van der Waals surface area contributed by atoms with Crippen LogP contribution in [-0.2, 0) is 11.0 Å². The number of hydrogen-bond donors (Lipinski definition) is 2. The zero-order valence-electron chi connectivity index (χ0n) is 12.6. The zero-order valence-corrected chi connectivity index (χ0v) is 15.0. The molecular weight excluding hydrogens is 338 g/mol. The van der Waals surface area contributed by atoms with Crippen LogP contribution < -0.4 is 9.86 Å². The largest absolute Gasteiger partial charge is 0.304 e. The molecule has 0 aliphatic heterocycles. The summed E-state index contributed by atoms with van der Waals surface area (Å²) in [5, 5.41) is 5.75. The summed E-state index contributed by atoms with van der Waals surface area (Å²) < 4.78 is 19.7. The smallest absolute Gasteiger partial charge is 0.124 e. The van der Waals surface area contributed by atoms with Crippen molar-refractivity contribution in [3.8, 4) is 0 Å². The van der Waals surface area contributed by atoms with Gasteiger partial charge in [0.2, 0.25) is 0 Å². The average Bonchev–Trinajstić information content (AvgIpc) is 2.46. The second kappa shape index (κ2) is 9.84. The van der Waals surface area contributed by atoms with Gasteiger partial charge in [0.15, 0.2) is 0 Å². The number of halogens is 1. The molecule has 0 aliphatic rings. The Kier molecular flexibility index (Phi) is 8.48. The molecule has 0 radical (unpaired) electrons. The van der Waals surface area contributed by atoms with Gasteiger partial charge in [0.05, 0.1) is 17.4 Å². The monoisotopic (exact) mass is 357 g/mol. The van der Waals surface area contributed by atoms with Crippen molar-refractivity contribution in [1.29, 1.82) is 0 Å². The van der Waals surface area contributed by atoms with Crippen LogP contribution in [0.3, 0.4) is 0 Å². The van der Waals surface area contributed by atoms with E-state index in [4.69, 9.17) is 16.7 Å². The van der Waals surface area contributed by atoms with E-state index in [1.54, 1.807) is 18.2 Å². The minimum Gasteiger partial charge on any atom is -0.304 e. The van der Waals surface area contributed by atoms with Gasteiger partial charge in [-0.2, -0.15) is 0 Å². The highest BCUT2D eigenvalue weighted by atomic mass is 35.5. The Hall–Kier alpha value is -1.08. The Bertz CT molecular complexity index is 602. The first kappa shape index (κ1) is 19.0. The molecule has 0 spiro atoms. The van der Waals surface area contributed by atoms with Crippen molar-refractivity contribution < 1.29 is 4.21 Å². The van der Waals surface area contributed by atoms with E-state index in [0.717, 1.165) is 29.1 Å². The number of hydrogen-bond acceptors (Lipinski definition) is 4. The summed E-state index contributed by atoms with van der Waals surface area (Å²) in [7, 11) is -1.31. The summed E-state index contributed by atoms with van der Waals surface area (Å²) in [6.07, 6.45) is 5.83. The normalized spacial score (nSPS) is 14.8. The Morgan fingerprint density at radius 2 is 2.36 bits per heavy atom. The van der Waals surface area contributed by atoms with E-state index in [0.29, 0.717) is 11.4 Å². The highest BCUT2D eigenvalue weighted by molar-refractivity contribution is 7.95. The van der Waals surface area contributed by atoms with Crippen LogP contribution in [0, 0.1) is 6.92 Å². The Balaban J connectivity index is 2.89.